The van der Waals surface area contributed by atoms with Crippen LogP contribution in [0.4, 0.5) is 11.4 Å². The maximum atomic E-state index is 12.0. The SMILES string of the molecule is Cc1ccccc1CC(=O)OCC(=O)Nc1ccc(N2CCCC2)cc1. The number of carbonyl (C=O) groups is 2. The third kappa shape index (κ3) is 4.85. The van der Waals surface area contributed by atoms with Gasteiger partial charge in [0.2, 0.25) is 0 Å². The number of amides is 1. The van der Waals surface area contributed by atoms with Crippen LogP contribution in [0.3, 0.4) is 0 Å². The molecule has 1 N–H and O–H groups in total. The molecule has 0 atom stereocenters. The van der Waals surface area contributed by atoms with Gasteiger partial charge >= 0.3 is 5.97 Å². The Hall–Kier alpha value is -2.82. The molecule has 0 aromatic heterocycles. The Morgan fingerprint density at radius 2 is 1.73 bits per heavy atom. The molecule has 0 unspecified atom stereocenters. The summed E-state index contributed by atoms with van der Waals surface area (Å²) in [5, 5.41) is 2.76. The Bertz CT molecular complexity index is 765. The number of esters is 1. The van der Waals surface area contributed by atoms with E-state index in [1.807, 2.05) is 55.5 Å². The molecule has 2 aromatic rings. The second-order valence-corrected chi connectivity index (χ2v) is 6.55. The standard InChI is InChI=1S/C21H24N2O3/c1-16-6-2-3-7-17(16)14-21(25)26-15-20(24)22-18-8-10-19(11-9-18)23-12-4-5-13-23/h2-3,6-11H,4-5,12-15H2,1H3,(H,22,24). The molecule has 2 aromatic carbocycles. The van der Waals surface area contributed by atoms with Crippen LogP contribution in [0.25, 0.3) is 0 Å². The molecule has 1 aliphatic rings. The summed E-state index contributed by atoms with van der Waals surface area (Å²) in [4.78, 5) is 26.2. The van der Waals surface area contributed by atoms with Crippen LogP contribution in [0.5, 0.6) is 0 Å². The zero-order valence-electron chi connectivity index (χ0n) is 15.0. The molecule has 3 rings (SSSR count). The molecule has 0 saturated carbocycles. The van der Waals surface area contributed by atoms with Gasteiger partial charge in [0.25, 0.3) is 5.91 Å². The minimum atomic E-state index is -0.404. The summed E-state index contributed by atoms with van der Waals surface area (Å²) in [6.45, 7) is 3.84. The summed E-state index contributed by atoms with van der Waals surface area (Å²) in [6.07, 6.45) is 2.63. The van der Waals surface area contributed by atoms with Crippen molar-refractivity contribution < 1.29 is 14.3 Å². The van der Waals surface area contributed by atoms with E-state index in [-0.39, 0.29) is 18.9 Å². The fourth-order valence-electron chi connectivity index (χ4n) is 3.09. The molecular formula is C21H24N2O3. The van der Waals surface area contributed by atoms with Crippen LogP contribution in [0.15, 0.2) is 48.5 Å². The van der Waals surface area contributed by atoms with Crippen molar-refractivity contribution in [3.8, 4) is 0 Å². The molecule has 0 spiro atoms. The molecule has 1 fully saturated rings. The highest BCUT2D eigenvalue weighted by molar-refractivity contribution is 5.93. The summed E-state index contributed by atoms with van der Waals surface area (Å²) in [5.41, 5.74) is 3.82. The lowest BCUT2D eigenvalue weighted by Gasteiger charge is -2.17. The number of carbonyl (C=O) groups excluding carboxylic acids is 2. The first kappa shape index (κ1) is 18.0. The van der Waals surface area contributed by atoms with Crippen molar-refractivity contribution in [3.63, 3.8) is 0 Å². The molecule has 1 amide bonds. The van der Waals surface area contributed by atoms with E-state index in [0.717, 1.165) is 24.2 Å². The van der Waals surface area contributed by atoms with Gasteiger partial charge in [-0.05, 0) is 55.2 Å². The Morgan fingerprint density at radius 3 is 2.42 bits per heavy atom. The van der Waals surface area contributed by atoms with Gasteiger partial charge in [-0.25, -0.2) is 0 Å². The molecule has 26 heavy (non-hydrogen) atoms. The number of aryl methyl sites for hydroxylation is 1. The molecule has 0 bridgehead atoms. The third-order valence-corrected chi connectivity index (χ3v) is 4.58. The van der Waals surface area contributed by atoms with Crippen molar-refractivity contribution in [1.82, 2.24) is 0 Å². The normalized spacial score (nSPS) is 13.5. The molecule has 136 valence electrons. The summed E-state index contributed by atoms with van der Waals surface area (Å²) >= 11 is 0. The molecule has 5 nitrogen and oxygen atoms in total. The highest BCUT2D eigenvalue weighted by Gasteiger charge is 2.13. The molecule has 1 aliphatic heterocycles. The minimum Gasteiger partial charge on any atom is -0.455 e. The van der Waals surface area contributed by atoms with Gasteiger partial charge in [0.1, 0.15) is 0 Å². The van der Waals surface area contributed by atoms with E-state index in [0.29, 0.717) is 5.69 Å². The fraction of sp³-hybridized carbons (Fsp3) is 0.333. The number of benzene rings is 2. The van der Waals surface area contributed by atoms with Gasteiger partial charge in [0, 0.05) is 24.5 Å². The van der Waals surface area contributed by atoms with Crippen molar-refractivity contribution in [2.45, 2.75) is 26.2 Å². The highest BCUT2D eigenvalue weighted by atomic mass is 16.5. The third-order valence-electron chi connectivity index (χ3n) is 4.58. The van der Waals surface area contributed by atoms with Gasteiger partial charge < -0.3 is 15.0 Å². The van der Waals surface area contributed by atoms with Crippen LogP contribution in [-0.4, -0.2) is 31.6 Å². The summed E-state index contributed by atoms with van der Waals surface area (Å²) in [5.74, 6) is -0.740. The molecule has 0 aliphatic carbocycles. The second-order valence-electron chi connectivity index (χ2n) is 6.55. The number of nitrogens with one attached hydrogen (secondary N) is 1. The average Bonchev–Trinajstić information content (AvgIpc) is 3.17. The number of nitrogens with zero attached hydrogens (tertiary/aromatic N) is 1. The molecule has 1 saturated heterocycles. The van der Waals surface area contributed by atoms with Gasteiger partial charge in [-0.3, -0.25) is 9.59 Å². The van der Waals surface area contributed by atoms with Crippen molar-refractivity contribution >= 4 is 23.3 Å². The van der Waals surface area contributed by atoms with E-state index < -0.39 is 5.97 Å². The van der Waals surface area contributed by atoms with Gasteiger partial charge in [0.05, 0.1) is 6.42 Å². The number of anilines is 2. The first-order valence-electron chi connectivity index (χ1n) is 8.97. The van der Waals surface area contributed by atoms with Crippen LogP contribution in [0, 0.1) is 6.92 Å². The fourth-order valence-corrected chi connectivity index (χ4v) is 3.09. The van der Waals surface area contributed by atoms with Crippen molar-refractivity contribution in [3.05, 3.63) is 59.7 Å². The van der Waals surface area contributed by atoms with E-state index in [9.17, 15) is 9.59 Å². The molecule has 5 heteroatoms. The predicted molar refractivity (Wildman–Crippen MR) is 102 cm³/mol. The van der Waals surface area contributed by atoms with E-state index in [4.69, 9.17) is 4.74 Å². The van der Waals surface area contributed by atoms with Gasteiger partial charge in [-0.15, -0.1) is 0 Å². The van der Waals surface area contributed by atoms with Crippen molar-refractivity contribution in [2.24, 2.45) is 0 Å². The lowest BCUT2D eigenvalue weighted by Crippen LogP contribution is -2.22. The predicted octanol–water partition coefficient (Wildman–Crippen LogP) is 3.32. The zero-order chi connectivity index (χ0) is 18.4. The van der Waals surface area contributed by atoms with Crippen LogP contribution < -0.4 is 10.2 Å². The number of hydrogen-bond acceptors (Lipinski definition) is 4. The van der Waals surface area contributed by atoms with Crippen LogP contribution >= 0.6 is 0 Å². The average molecular weight is 352 g/mol. The van der Waals surface area contributed by atoms with E-state index >= 15 is 0 Å². The smallest absolute Gasteiger partial charge is 0.310 e. The monoisotopic (exact) mass is 352 g/mol. The maximum absolute atomic E-state index is 12.0. The van der Waals surface area contributed by atoms with Gasteiger partial charge in [0.15, 0.2) is 6.61 Å². The van der Waals surface area contributed by atoms with Crippen LogP contribution in [0.2, 0.25) is 0 Å². The minimum absolute atomic E-state index is 0.171. The topological polar surface area (TPSA) is 58.6 Å². The summed E-state index contributed by atoms with van der Waals surface area (Å²) < 4.78 is 5.08. The quantitative estimate of drug-likeness (QED) is 0.810. The van der Waals surface area contributed by atoms with Crippen molar-refractivity contribution in [2.75, 3.05) is 29.9 Å². The summed E-state index contributed by atoms with van der Waals surface area (Å²) in [7, 11) is 0. The Labute approximate surface area is 154 Å². The maximum Gasteiger partial charge on any atom is 0.310 e. The second kappa shape index (κ2) is 8.52. The Balaban J connectivity index is 1.45. The molecular weight excluding hydrogens is 328 g/mol. The van der Waals surface area contributed by atoms with Gasteiger partial charge in [-0.1, -0.05) is 24.3 Å². The first-order valence-corrected chi connectivity index (χ1v) is 8.97. The van der Waals surface area contributed by atoms with Crippen molar-refractivity contribution in [1.29, 1.82) is 0 Å². The highest BCUT2D eigenvalue weighted by Crippen LogP contribution is 2.22. The van der Waals surface area contributed by atoms with E-state index in [1.54, 1.807) is 0 Å². The lowest BCUT2D eigenvalue weighted by atomic mass is 10.1. The Kier molecular flexibility index (Phi) is 5.89. The number of rotatable bonds is 6. The van der Waals surface area contributed by atoms with Crippen LogP contribution in [-0.2, 0) is 20.7 Å². The van der Waals surface area contributed by atoms with Gasteiger partial charge in [-0.2, -0.15) is 0 Å². The number of hydrogen-bond donors (Lipinski definition) is 1. The Morgan fingerprint density at radius 1 is 1.04 bits per heavy atom. The largest absolute Gasteiger partial charge is 0.455 e. The van der Waals surface area contributed by atoms with Crippen LogP contribution in [0.1, 0.15) is 24.0 Å². The summed E-state index contributed by atoms with van der Waals surface area (Å²) in [6, 6.07) is 15.4. The van der Waals surface area contributed by atoms with E-state index in [2.05, 4.69) is 10.2 Å². The van der Waals surface area contributed by atoms with E-state index in [1.165, 1.54) is 18.5 Å². The molecule has 1 heterocycles. The molecule has 0 radical (unpaired) electrons. The zero-order valence-corrected chi connectivity index (χ0v) is 15.0. The first-order chi connectivity index (χ1) is 12.6. The number of ether oxygens (including phenoxy) is 1. The lowest BCUT2D eigenvalue weighted by molar-refractivity contribution is -0.146.